The third-order valence-corrected chi connectivity index (χ3v) is 5.61. The van der Waals surface area contributed by atoms with Crippen LogP contribution in [0.15, 0.2) is 79.1 Å². The summed E-state index contributed by atoms with van der Waals surface area (Å²) in [5.41, 5.74) is 2.50. The second kappa shape index (κ2) is 7.37. The number of halogens is 2. The number of nitrogens with one attached hydrogen (secondary N) is 1. The number of amides is 1. The summed E-state index contributed by atoms with van der Waals surface area (Å²) >= 11 is 0. The molecule has 1 aromatic heterocycles. The van der Waals surface area contributed by atoms with Crippen LogP contribution in [-0.2, 0) is 4.79 Å². The van der Waals surface area contributed by atoms with Gasteiger partial charge in [-0.2, -0.15) is 0 Å². The van der Waals surface area contributed by atoms with E-state index in [9.17, 15) is 13.6 Å². The molecule has 1 aliphatic carbocycles. The fraction of sp³-hybridized carbons (Fsp3) is 0.167. The van der Waals surface area contributed by atoms with Gasteiger partial charge in [0.2, 0.25) is 5.91 Å². The quantitative estimate of drug-likeness (QED) is 0.530. The SMILES string of the molecule is O=C(NC1CC1c1c(F)cccc1F)C(c1ccccc1)n1cnc2ccccc21. The van der Waals surface area contributed by atoms with Crippen LogP contribution < -0.4 is 5.32 Å². The predicted molar refractivity (Wildman–Crippen MR) is 110 cm³/mol. The van der Waals surface area contributed by atoms with Crippen LogP contribution in [0.4, 0.5) is 8.78 Å². The fourth-order valence-corrected chi connectivity index (χ4v) is 4.06. The molecule has 4 nitrogen and oxygen atoms in total. The Balaban J connectivity index is 1.45. The Hall–Kier alpha value is -3.54. The van der Waals surface area contributed by atoms with Gasteiger partial charge in [-0.05, 0) is 36.2 Å². The highest BCUT2D eigenvalue weighted by atomic mass is 19.1. The minimum atomic E-state index is -0.634. The maximum atomic E-state index is 14.1. The van der Waals surface area contributed by atoms with Gasteiger partial charge in [0.05, 0.1) is 17.4 Å². The van der Waals surface area contributed by atoms with Crippen LogP contribution in [0.3, 0.4) is 0 Å². The maximum Gasteiger partial charge on any atom is 0.248 e. The lowest BCUT2D eigenvalue weighted by Gasteiger charge is -2.20. The van der Waals surface area contributed by atoms with Crippen molar-refractivity contribution in [3.63, 3.8) is 0 Å². The highest BCUT2D eigenvalue weighted by Crippen LogP contribution is 2.43. The number of carbonyl (C=O) groups excluding carboxylic acids is 1. The number of fused-ring (bicyclic) bond motifs is 1. The molecule has 1 amide bonds. The molecule has 1 heterocycles. The maximum absolute atomic E-state index is 14.1. The van der Waals surface area contributed by atoms with Gasteiger partial charge in [0.25, 0.3) is 0 Å². The van der Waals surface area contributed by atoms with E-state index < -0.39 is 17.7 Å². The second-order valence-corrected chi connectivity index (χ2v) is 7.55. The van der Waals surface area contributed by atoms with Crippen LogP contribution >= 0.6 is 0 Å². The van der Waals surface area contributed by atoms with E-state index in [0.717, 1.165) is 16.6 Å². The Morgan fingerprint density at radius 1 is 0.967 bits per heavy atom. The van der Waals surface area contributed by atoms with Gasteiger partial charge in [-0.3, -0.25) is 4.79 Å². The van der Waals surface area contributed by atoms with Crippen molar-refractivity contribution in [2.75, 3.05) is 0 Å². The average Bonchev–Trinajstić information content (AvgIpc) is 3.36. The molecule has 0 aliphatic heterocycles. The molecule has 3 aromatic carbocycles. The van der Waals surface area contributed by atoms with E-state index in [-0.39, 0.29) is 23.4 Å². The average molecular weight is 403 g/mol. The van der Waals surface area contributed by atoms with E-state index in [2.05, 4.69) is 10.3 Å². The van der Waals surface area contributed by atoms with Crippen molar-refractivity contribution in [3.8, 4) is 0 Å². The predicted octanol–water partition coefficient (Wildman–Crippen LogP) is 4.58. The van der Waals surface area contributed by atoms with Crippen LogP contribution in [0.2, 0.25) is 0 Å². The molecule has 150 valence electrons. The minimum absolute atomic E-state index is 0.0483. The first-order chi connectivity index (χ1) is 14.6. The van der Waals surface area contributed by atoms with Crippen molar-refractivity contribution in [1.29, 1.82) is 0 Å². The first kappa shape index (κ1) is 18.5. The molecule has 0 saturated heterocycles. The van der Waals surface area contributed by atoms with E-state index in [1.807, 2.05) is 59.2 Å². The number of nitrogens with zero attached hydrogens (tertiary/aromatic N) is 2. The van der Waals surface area contributed by atoms with E-state index in [0.29, 0.717) is 6.42 Å². The van der Waals surface area contributed by atoms with Gasteiger partial charge in [0, 0.05) is 17.5 Å². The lowest BCUT2D eigenvalue weighted by molar-refractivity contribution is -0.123. The number of hydrogen-bond donors (Lipinski definition) is 1. The van der Waals surface area contributed by atoms with E-state index in [4.69, 9.17) is 0 Å². The van der Waals surface area contributed by atoms with Crippen LogP contribution in [0, 0.1) is 11.6 Å². The fourth-order valence-electron chi connectivity index (χ4n) is 4.06. The largest absolute Gasteiger partial charge is 0.351 e. The zero-order valence-corrected chi connectivity index (χ0v) is 16.0. The lowest BCUT2D eigenvalue weighted by Crippen LogP contribution is -2.35. The summed E-state index contributed by atoms with van der Waals surface area (Å²) in [7, 11) is 0. The standard InChI is InChI=1S/C24H19F2N3O/c25-17-9-6-10-18(26)22(17)16-13-20(16)28-24(30)23(15-7-2-1-3-8-15)29-14-27-19-11-4-5-12-21(19)29/h1-12,14,16,20,23H,13H2,(H,28,30). The summed E-state index contributed by atoms with van der Waals surface area (Å²) in [4.78, 5) is 17.7. The Morgan fingerprint density at radius 3 is 2.43 bits per heavy atom. The summed E-state index contributed by atoms with van der Waals surface area (Å²) in [6, 6.07) is 19.9. The van der Waals surface area contributed by atoms with Crippen molar-refractivity contribution in [1.82, 2.24) is 14.9 Å². The normalized spacial score (nSPS) is 18.9. The molecular formula is C24H19F2N3O. The van der Waals surface area contributed by atoms with Gasteiger partial charge in [0.15, 0.2) is 0 Å². The molecular weight excluding hydrogens is 384 g/mol. The topological polar surface area (TPSA) is 46.9 Å². The van der Waals surface area contributed by atoms with Crippen molar-refractivity contribution >= 4 is 16.9 Å². The lowest BCUT2D eigenvalue weighted by atomic mass is 10.1. The molecule has 6 heteroatoms. The van der Waals surface area contributed by atoms with Gasteiger partial charge in [-0.1, -0.05) is 48.5 Å². The molecule has 1 fully saturated rings. The molecule has 0 bridgehead atoms. The van der Waals surface area contributed by atoms with Crippen molar-refractivity contribution in [2.24, 2.45) is 0 Å². The second-order valence-electron chi connectivity index (χ2n) is 7.55. The van der Waals surface area contributed by atoms with Crippen LogP contribution in [0.1, 0.15) is 29.5 Å². The van der Waals surface area contributed by atoms with Crippen molar-refractivity contribution in [3.05, 3.63) is 102 Å². The summed E-state index contributed by atoms with van der Waals surface area (Å²) in [5.74, 6) is -1.73. The third-order valence-electron chi connectivity index (χ3n) is 5.61. The highest BCUT2D eigenvalue weighted by Gasteiger charge is 2.43. The number of hydrogen-bond acceptors (Lipinski definition) is 2. The minimum Gasteiger partial charge on any atom is -0.351 e. The summed E-state index contributed by atoms with van der Waals surface area (Å²) in [6.07, 6.45) is 2.17. The molecule has 5 rings (SSSR count). The Bertz CT molecular complexity index is 1200. The molecule has 3 unspecified atom stereocenters. The molecule has 30 heavy (non-hydrogen) atoms. The number of carbonyl (C=O) groups is 1. The summed E-state index contributed by atoms with van der Waals surface area (Å²) in [6.45, 7) is 0. The van der Waals surface area contributed by atoms with Crippen molar-refractivity contribution < 1.29 is 13.6 Å². The van der Waals surface area contributed by atoms with Crippen LogP contribution in [-0.4, -0.2) is 21.5 Å². The molecule has 1 saturated carbocycles. The molecule has 4 aromatic rings. The Morgan fingerprint density at radius 2 is 1.67 bits per heavy atom. The first-order valence-electron chi connectivity index (χ1n) is 9.84. The van der Waals surface area contributed by atoms with Gasteiger partial charge >= 0.3 is 0 Å². The van der Waals surface area contributed by atoms with Gasteiger partial charge in [-0.15, -0.1) is 0 Å². The number of rotatable bonds is 5. The zero-order valence-electron chi connectivity index (χ0n) is 16.0. The molecule has 1 N–H and O–H groups in total. The molecule has 3 atom stereocenters. The van der Waals surface area contributed by atoms with E-state index in [1.165, 1.54) is 18.2 Å². The monoisotopic (exact) mass is 403 g/mol. The van der Waals surface area contributed by atoms with E-state index >= 15 is 0 Å². The first-order valence-corrected chi connectivity index (χ1v) is 9.84. The van der Waals surface area contributed by atoms with Crippen molar-refractivity contribution in [2.45, 2.75) is 24.4 Å². The number of benzene rings is 3. The highest BCUT2D eigenvalue weighted by molar-refractivity contribution is 5.87. The Kier molecular flexibility index (Phi) is 4.54. The molecule has 1 aliphatic rings. The van der Waals surface area contributed by atoms with Gasteiger partial charge in [0.1, 0.15) is 17.7 Å². The van der Waals surface area contributed by atoms with Gasteiger partial charge in [-0.25, -0.2) is 13.8 Å². The van der Waals surface area contributed by atoms with Crippen LogP contribution in [0.25, 0.3) is 11.0 Å². The smallest absolute Gasteiger partial charge is 0.248 e. The molecule has 0 radical (unpaired) electrons. The number of aromatic nitrogens is 2. The van der Waals surface area contributed by atoms with Gasteiger partial charge < -0.3 is 9.88 Å². The molecule has 0 spiro atoms. The Labute approximate surface area is 172 Å². The third kappa shape index (κ3) is 3.24. The summed E-state index contributed by atoms with van der Waals surface area (Å²) in [5, 5.41) is 2.99. The zero-order chi connectivity index (χ0) is 20.7. The summed E-state index contributed by atoms with van der Waals surface area (Å²) < 4.78 is 30.1. The van der Waals surface area contributed by atoms with E-state index in [1.54, 1.807) is 6.33 Å². The number of para-hydroxylation sites is 2. The number of imidazole rings is 1. The van der Waals surface area contributed by atoms with Crippen LogP contribution in [0.5, 0.6) is 0 Å².